The van der Waals surface area contributed by atoms with Gasteiger partial charge in [-0.1, -0.05) is 12.2 Å². The van der Waals surface area contributed by atoms with Crippen molar-refractivity contribution in [3.05, 3.63) is 12.2 Å². The van der Waals surface area contributed by atoms with Gasteiger partial charge in [0.1, 0.15) is 0 Å². The lowest BCUT2D eigenvalue weighted by Gasteiger charge is -2.34. The van der Waals surface area contributed by atoms with Gasteiger partial charge in [-0.2, -0.15) is 0 Å². The molecule has 1 atom stereocenters. The average molecular weight is 154 g/mol. The summed E-state index contributed by atoms with van der Waals surface area (Å²) < 4.78 is 5.61. The van der Waals surface area contributed by atoms with Crippen molar-refractivity contribution in [1.29, 1.82) is 0 Å². The summed E-state index contributed by atoms with van der Waals surface area (Å²) in [5.41, 5.74) is 0.0996. The van der Waals surface area contributed by atoms with Gasteiger partial charge in [-0.05, 0) is 39.5 Å². The molecule has 0 aromatic rings. The molecule has 0 saturated carbocycles. The van der Waals surface area contributed by atoms with Crippen molar-refractivity contribution in [3.8, 4) is 0 Å². The Morgan fingerprint density at radius 3 is 2.73 bits per heavy atom. The van der Waals surface area contributed by atoms with E-state index in [-0.39, 0.29) is 5.60 Å². The van der Waals surface area contributed by atoms with Crippen LogP contribution in [0.15, 0.2) is 12.2 Å². The highest BCUT2D eigenvalue weighted by Gasteiger charge is 2.26. The molecular formula is C10H18O. The molecule has 64 valence electrons. The summed E-state index contributed by atoms with van der Waals surface area (Å²) >= 11 is 0. The molecule has 1 aliphatic heterocycles. The summed E-state index contributed by atoms with van der Waals surface area (Å²) in [6.45, 7) is 7.34. The zero-order chi connectivity index (χ0) is 8.32. The molecule has 1 saturated heterocycles. The fourth-order valence-electron chi connectivity index (χ4n) is 1.72. The second-order valence-corrected chi connectivity index (χ2v) is 3.89. The Hall–Kier alpha value is -0.300. The third-order valence-electron chi connectivity index (χ3n) is 2.20. The highest BCUT2D eigenvalue weighted by atomic mass is 16.5. The van der Waals surface area contributed by atoms with Gasteiger partial charge < -0.3 is 4.74 Å². The van der Waals surface area contributed by atoms with Crippen LogP contribution < -0.4 is 0 Å². The summed E-state index contributed by atoms with van der Waals surface area (Å²) in [5.74, 6) is 0.740. The van der Waals surface area contributed by atoms with Crippen LogP contribution in [0.2, 0.25) is 0 Å². The Morgan fingerprint density at radius 2 is 2.18 bits per heavy atom. The van der Waals surface area contributed by atoms with Gasteiger partial charge in [-0.3, -0.25) is 0 Å². The van der Waals surface area contributed by atoms with Crippen molar-refractivity contribution in [3.63, 3.8) is 0 Å². The Balaban J connectivity index is 2.46. The standard InChI is InChI=1S/C10H18O/c1-4-5-9-6-7-11-10(2,3)8-9/h4-5,9H,6-8H2,1-3H3/b5-4+. The normalized spacial score (nSPS) is 31.0. The summed E-state index contributed by atoms with van der Waals surface area (Å²) in [4.78, 5) is 0. The quantitative estimate of drug-likeness (QED) is 0.528. The SMILES string of the molecule is C/C=C/C1CCOC(C)(C)C1. The van der Waals surface area contributed by atoms with Crippen LogP contribution in [0.1, 0.15) is 33.6 Å². The Bertz CT molecular complexity index is 147. The molecule has 1 nitrogen and oxygen atoms in total. The molecule has 0 aromatic carbocycles. The van der Waals surface area contributed by atoms with Crippen LogP contribution in [-0.4, -0.2) is 12.2 Å². The summed E-state index contributed by atoms with van der Waals surface area (Å²) in [7, 11) is 0. The summed E-state index contributed by atoms with van der Waals surface area (Å²) in [6.07, 6.45) is 6.79. The molecule has 0 aliphatic carbocycles. The first-order chi connectivity index (χ1) is 5.14. The minimum Gasteiger partial charge on any atom is -0.376 e. The Kier molecular flexibility index (Phi) is 2.72. The molecule has 1 heteroatoms. The summed E-state index contributed by atoms with van der Waals surface area (Å²) in [6, 6.07) is 0. The van der Waals surface area contributed by atoms with Gasteiger partial charge in [0.25, 0.3) is 0 Å². The molecule has 0 N–H and O–H groups in total. The molecule has 0 aromatic heterocycles. The first-order valence-corrected chi connectivity index (χ1v) is 4.41. The van der Waals surface area contributed by atoms with Gasteiger partial charge >= 0.3 is 0 Å². The maximum atomic E-state index is 5.61. The lowest BCUT2D eigenvalue weighted by Crippen LogP contribution is -2.33. The van der Waals surface area contributed by atoms with Crippen molar-refractivity contribution in [2.24, 2.45) is 5.92 Å². The number of rotatable bonds is 1. The third kappa shape index (κ3) is 2.66. The van der Waals surface area contributed by atoms with E-state index in [1.54, 1.807) is 0 Å². The molecule has 0 bridgehead atoms. The second-order valence-electron chi connectivity index (χ2n) is 3.89. The topological polar surface area (TPSA) is 9.23 Å². The van der Waals surface area contributed by atoms with Crippen LogP contribution in [0, 0.1) is 5.92 Å². The van der Waals surface area contributed by atoms with Crippen LogP contribution in [-0.2, 0) is 4.74 Å². The largest absolute Gasteiger partial charge is 0.376 e. The van der Waals surface area contributed by atoms with Crippen LogP contribution in [0.25, 0.3) is 0 Å². The Morgan fingerprint density at radius 1 is 1.45 bits per heavy atom. The fourth-order valence-corrected chi connectivity index (χ4v) is 1.72. The van der Waals surface area contributed by atoms with Crippen LogP contribution in [0.3, 0.4) is 0 Å². The maximum absolute atomic E-state index is 5.61. The van der Waals surface area contributed by atoms with E-state index in [2.05, 4.69) is 32.9 Å². The van der Waals surface area contributed by atoms with Crippen LogP contribution in [0.4, 0.5) is 0 Å². The smallest absolute Gasteiger partial charge is 0.0632 e. The van der Waals surface area contributed by atoms with Gasteiger partial charge in [0.05, 0.1) is 5.60 Å². The molecule has 1 rings (SSSR count). The lowest BCUT2D eigenvalue weighted by atomic mass is 9.88. The van der Waals surface area contributed by atoms with Crippen molar-refractivity contribution in [1.82, 2.24) is 0 Å². The van der Waals surface area contributed by atoms with E-state index in [0.29, 0.717) is 0 Å². The van der Waals surface area contributed by atoms with Gasteiger partial charge in [0.15, 0.2) is 0 Å². The van der Waals surface area contributed by atoms with Gasteiger partial charge in [0, 0.05) is 6.61 Å². The molecular weight excluding hydrogens is 136 g/mol. The van der Waals surface area contributed by atoms with E-state index in [4.69, 9.17) is 4.74 Å². The molecule has 1 fully saturated rings. The van der Waals surface area contributed by atoms with Gasteiger partial charge in [-0.15, -0.1) is 0 Å². The molecule has 1 aliphatic rings. The average Bonchev–Trinajstić information content (AvgIpc) is 1.85. The predicted molar refractivity (Wildman–Crippen MR) is 47.6 cm³/mol. The minimum absolute atomic E-state index is 0.0996. The second kappa shape index (κ2) is 3.40. The Labute approximate surface area is 69.4 Å². The van der Waals surface area contributed by atoms with E-state index in [1.165, 1.54) is 6.42 Å². The number of hydrogen-bond donors (Lipinski definition) is 0. The predicted octanol–water partition coefficient (Wildman–Crippen LogP) is 2.77. The van der Waals surface area contributed by atoms with Crippen LogP contribution >= 0.6 is 0 Å². The minimum atomic E-state index is 0.0996. The monoisotopic (exact) mass is 154 g/mol. The zero-order valence-corrected chi connectivity index (χ0v) is 7.76. The number of allylic oxidation sites excluding steroid dienone is 2. The van der Waals surface area contributed by atoms with E-state index < -0.39 is 0 Å². The summed E-state index contributed by atoms with van der Waals surface area (Å²) in [5, 5.41) is 0. The highest BCUT2D eigenvalue weighted by molar-refractivity contribution is 4.91. The van der Waals surface area contributed by atoms with Crippen molar-refractivity contribution < 1.29 is 4.74 Å². The molecule has 1 heterocycles. The third-order valence-corrected chi connectivity index (χ3v) is 2.20. The number of ether oxygens (including phenoxy) is 1. The van der Waals surface area contributed by atoms with Crippen molar-refractivity contribution in [2.75, 3.05) is 6.61 Å². The van der Waals surface area contributed by atoms with Crippen LogP contribution in [0.5, 0.6) is 0 Å². The lowest BCUT2D eigenvalue weighted by molar-refractivity contribution is -0.0645. The molecule has 0 spiro atoms. The van der Waals surface area contributed by atoms with E-state index in [1.807, 2.05) is 0 Å². The highest BCUT2D eigenvalue weighted by Crippen LogP contribution is 2.28. The molecule has 11 heavy (non-hydrogen) atoms. The first kappa shape index (κ1) is 8.79. The molecule has 0 amide bonds. The molecule has 0 radical (unpaired) electrons. The zero-order valence-electron chi connectivity index (χ0n) is 7.76. The van der Waals surface area contributed by atoms with E-state index in [0.717, 1.165) is 18.9 Å². The fraction of sp³-hybridized carbons (Fsp3) is 0.800. The van der Waals surface area contributed by atoms with E-state index >= 15 is 0 Å². The maximum Gasteiger partial charge on any atom is 0.0632 e. The van der Waals surface area contributed by atoms with Gasteiger partial charge in [0.2, 0.25) is 0 Å². The van der Waals surface area contributed by atoms with E-state index in [9.17, 15) is 0 Å². The van der Waals surface area contributed by atoms with Crippen molar-refractivity contribution >= 4 is 0 Å². The van der Waals surface area contributed by atoms with Gasteiger partial charge in [-0.25, -0.2) is 0 Å². The molecule has 1 unspecified atom stereocenters. The van der Waals surface area contributed by atoms with Crippen molar-refractivity contribution in [2.45, 2.75) is 39.2 Å². The number of hydrogen-bond acceptors (Lipinski definition) is 1. The first-order valence-electron chi connectivity index (χ1n) is 4.41.